The summed E-state index contributed by atoms with van der Waals surface area (Å²) in [5.74, 6) is 0. The number of nitrogens with zero attached hydrogens (tertiary/aromatic N) is 1. The Kier molecular flexibility index (Phi) is 6.05. The number of allylic oxidation sites excluding steroid dienone is 5. The first-order valence-electron chi connectivity index (χ1n) is 12.1. The number of aromatic amines is 1. The number of aromatic nitrogens is 1. The normalized spacial score (nSPS) is 16.4. The molecule has 0 amide bonds. The zero-order valence-corrected chi connectivity index (χ0v) is 19.9. The van der Waals surface area contributed by atoms with Crippen molar-refractivity contribution in [1.82, 2.24) is 4.98 Å². The number of hydrogen-bond donors (Lipinski definition) is 1. The van der Waals surface area contributed by atoms with Gasteiger partial charge in [0.25, 0.3) is 0 Å². The maximum atomic E-state index is 4.24. The molecule has 2 heteroatoms. The first-order chi connectivity index (χ1) is 16.8. The highest BCUT2D eigenvalue weighted by atomic mass is 15.1. The van der Waals surface area contributed by atoms with Gasteiger partial charge >= 0.3 is 0 Å². The van der Waals surface area contributed by atoms with Crippen molar-refractivity contribution in [1.29, 1.82) is 0 Å². The molecule has 4 aromatic rings. The van der Waals surface area contributed by atoms with Crippen molar-refractivity contribution in [3.8, 4) is 0 Å². The fourth-order valence-corrected chi connectivity index (χ4v) is 4.81. The summed E-state index contributed by atoms with van der Waals surface area (Å²) in [5.41, 5.74) is 11.1. The van der Waals surface area contributed by atoms with Gasteiger partial charge in [0, 0.05) is 39.6 Å². The maximum Gasteiger partial charge on any atom is 0.0533 e. The van der Waals surface area contributed by atoms with Gasteiger partial charge in [-0.1, -0.05) is 81.1 Å². The molecule has 3 aromatic carbocycles. The Morgan fingerprint density at radius 2 is 1.59 bits per heavy atom. The van der Waals surface area contributed by atoms with Crippen molar-refractivity contribution in [3.63, 3.8) is 0 Å². The third-order valence-electron chi connectivity index (χ3n) is 6.46. The average Bonchev–Trinajstić information content (AvgIpc) is 3.27. The van der Waals surface area contributed by atoms with Crippen LogP contribution in [0.4, 0.5) is 11.4 Å². The van der Waals surface area contributed by atoms with Crippen molar-refractivity contribution >= 4 is 39.5 Å². The maximum absolute atomic E-state index is 4.24. The molecule has 0 saturated carbocycles. The van der Waals surface area contributed by atoms with Crippen LogP contribution in [0, 0.1) is 0 Å². The number of aryl methyl sites for hydroxylation is 1. The van der Waals surface area contributed by atoms with E-state index in [4.69, 9.17) is 0 Å². The first-order valence-corrected chi connectivity index (χ1v) is 12.1. The van der Waals surface area contributed by atoms with Crippen LogP contribution in [0.25, 0.3) is 28.1 Å². The second-order valence-electron chi connectivity index (χ2n) is 8.39. The number of nitrogens with one attached hydrogen (secondary N) is 1. The molecule has 6 rings (SSSR count). The Bertz CT molecular complexity index is 1430. The van der Waals surface area contributed by atoms with E-state index in [0.717, 1.165) is 35.4 Å². The molecule has 0 unspecified atom stereocenters. The van der Waals surface area contributed by atoms with Crippen LogP contribution < -0.4 is 4.90 Å². The molecular weight excluding hydrogens is 412 g/mol. The molecule has 2 heterocycles. The van der Waals surface area contributed by atoms with Gasteiger partial charge in [0.05, 0.1) is 5.69 Å². The van der Waals surface area contributed by atoms with E-state index in [1.54, 1.807) is 0 Å². The summed E-state index contributed by atoms with van der Waals surface area (Å²) in [6.07, 6.45) is 12.8. The third-order valence-corrected chi connectivity index (χ3v) is 6.46. The zero-order valence-electron chi connectivity index (χ0n) is 19.9. The second kappa shape index (κ2) is 9.44. The van der Waals surface area contributed by atoms with E-state index in [1.807, 2.05) is 19.9 Å². The van der Waals surface area contributed by atoms with Gasteiger partial charge in [-0.15, -0.1) is 0 Å². The van der Waals surface area contributed by atoms with Crippen LogP contribution >= 0.6 is 0 Å². The van der Waals surface area contributed by atoms with Gasteiger partial charge in [-0.2, -0.15) is 0 Å². The highest BCUT2D eigenvalue weighted by Crippen LogP contribution is 2.37. The van der Waals surface area contributed by atoms with E-state index < -0.39 is 0 Å². The Labute approximate surface area is 202 Å². The van der Waals surface area contributed by atoms with E-state index in [-0.39, 0.29) is 0 Å². The van der Waals surface area contributed by atoms with Crippen molar-refractivity contribution in [2.45, 2.75) is 26.7 Å². The van der Waals surface area contributed by atoms with Crippen LogP contribution in [0.3, 0.4) is 0 Å². The average molecular weight is 443 g/mol. The van der Waals surface area contributed by atoms with Crippen LogP contribution in [-0.2, 0) is 6.42 Å². The molecule has 1 aliphatic carbocycles. The Balaban J connectivity index is 0.00000117. The molecule has 1 aliphatic heterocycles. The number of para-hydroxylation sites is 2. The number of anilines is 2. The smallest absolute Gasteiger partial charge is 0.0533 e. The molecule has 0 saturated heterocycles. The van der Waals surface area contributed by atoms with Crippen LogP contribution in [0.5, 0.6) is 0 Å². The SMILES string of the molecule is C=C1/C=C\C=C/N(c2ccc(C3=Cc4c([nH]c5ccccc45)CC3)cc2)c2ccccc21.CC. The monoisotopic (exact) mass is 442 g/mol. The van der Waals surface area contributed by atoms with Gasteiger partial charge in [-0.25, -0.2) is 0 Å². The van der Waals surface area contributed by atoms with Gasteiger partial charge in [-0.05, 0) is 66.0 Å². The molecular formula is C32H30N2. The van der Waals surface area contributed by atoms with Gasteiger partial charge in [0.1, 0.15) is 0 Å². The van der Waals surface area contributed by atoms with E-state index in [9.17, 15) is 0 Å². The number of H-pyrrole nitrogens is 1. The van der Waals surface area contributed by atoms with Crippen LogP contribution in [0.2, 0.25) is 0 Å². The minimum atomic E-state index is 1.02. The Hall–Kier alpha value is -4.04. The molecule has 2 aliphatic rings. The summed E-state index contributed by atoms with van der Waals surface area (Å²) in [6.45, 7) is 8.24. The first kappa shape index (κ1) is 21.8. The minimum absolute atomic E-state index is 1.02. The lowest BCUT2D eigenvalue weighted by atomic mass is 9.91. The van der Waals surface area contributed by atoms with Crippen molar-refractivity contribution < 1.29 is 0 Å². The summed E-state index contributed by atoms with van der Waals surface area (Å²) in [7, 11) is 0. The molecule has 34 heavy (non-hydrogen) atoms. The molecule has 0 atom stereocenters. The lowest BCUT2D eigenvalue weighted by Gasteiger charge is -2.25. The fraction of sp³-hybridized carbons (Fsp3) is 0.125. The van der Waals surface area contributed by atoms with Crippen LogP contribution in [0.15, 0.2) is 104 Å². The molecule has 0 fully saturated rings. The van der Waals surface area contributed by atoms with E-state index in [0.29, 0.717) is 0 Å². The fourth-order valence-electron chi connectivity index (χ4n) is 4.81. The summed E-state index contributed by atoms with van der Waals surface area (Å²) in [5, 5.41) is 1.31. The van der Waals surface area contributed by atoms with Crippen molar-refractivity contribution in [2.24, 2.45) is 0 Å². The number of fused-ring (bicyclic) bond motifs is 4. The summed E-state index contributed by atoms with van der Waals surface area (Å²) in [6, 6.07) is 26.0. The molecule has 2 nitrogen and oxygen atoms in total. The topological polar surface area (TPSA) is 19.0 Å². The summed E-state index contributed by atoms with van der Waals surface area (Å²) < 4.78 is 0. The number of hydrogen-bond acceptors (Lipinski definition) is 1. The van der Waals surface area contributed by atoms with E-state index in [2.05, 4.69) is 114 Å². The van der Waals surface area contributed by atoms with E-state index in [1.165, 1.54) is 33.3 Å². The van der Waals surface area contributed by atoms with Crippen molar-refractivity contribution in [2.75, 3.05) is 4.90 Å². The Morgan fingerprint density at radius 3 is 2.44 bits per heavy atom. The predicted octanol–water partition coefficient (Wildman–Crippen LogP) is 8.92. The van der Waals surface area contributed by atoms with Crippen LogP contribution in [-0.4, -0.2) is 4.98 Å². The second-order valence-corrected chi connectivity index (χ2v) is 8.39. The Morgan fingerprint density at radius 1 is 0.824 bits per heavy atom. The molecule has 1 aromatic heterocycles. The van der Waals surface area contributed by atoms with Gasteiger partial charge in [-0.3, -0.25) is 0 Å². The summed E-state index contributed by atoms with van der Waals surface area (Å²) in [4.78, 5) is 5.83. The quantitative estimate of drug-likeness (QED) is 0.328. The minimum Gasteiger partial charge on any atom is -0.358 e. The van der Waals surface area contributed by atoms with Gasteiger partial charge < -0.3 is 9.88 Å². The molecule has 1 N–H and O–H groups in total. The van der Waals surface area contributed by atoms with Crippen LogP contribution in [0.1, 0.15) is 42.7 Å². The zero-order chi connectivity index (χ0) is 23.5. The molecule has 0 bridgehead atoms. The molecule has 168 valence electrons. The van der Waals surface area contributed by atoms with Crippen molar-refractivity contribution in [3.05, 3.63) is 126 Å². The third kappa shape index (κ3) is 3.92. The standard InChI is InChI=1S/C30H24N2.C2H6/c1-21-8-6-7-19-32(30-12-5-3-9-25(21)30)24-16-13-22(14-17-24)23-15-18-29-27(20-23)26-10-2-4-11-28(26)31-29;1-2/h2-14,16-17,19-20,31H,1,15,18H2;1-2H3/b8-6-,19-7-;. The predicted molar refractivity (Wildman–Crippen MR) is 148 cm³/mol. The number of benzene rings is 3. The lowest BCUT2D eigenvalue weighted by molar-refractivity contribution is 0.964. The molecule has 0 spiro atoms. The largest absolute Gasteiger partial charge is 0.358 e. The van der Waals surface area contributed by atoms with Gasteiger partial charge in [0.15, 0.2) is 0 Å². The summed E-state index contributed by atoms with van der Waals surface area (Å²) >= 11 is 0. The van der Waals surface area contributed by atoms with E-state index >= 15 is 0 Å². The molecule has 0 radical (unpaired) electrons. The van der Waals surface area contributed by atoms with Gasteiger partial charge in [0.2, 0.25) is 0 Å². The highest BCUT2D eigenvalue weighted by molar-refractivity contribution is 5.97. The lowest BCUT2D eigenvalue weighted by Crippen LogP contribution is -2.11. The highest BCUT2D eigenvalue weighted by Gasteiger charge is 2.17. The number of rotatable bonds is 2.